The Morgan fingerprint density at radius 2 is 1.76 bits per heavy atom. The molecule has 1 aliphatic carbocycles. The Labute approximate surface area is 167 Å². The fourth-order valence-electron chi connectivity index (χ4n) is 4.69. The monoisotopic (exact) mass is 394 g/mol. The number of fused-ring (bicyclic) bond motifs is 1. The number of H-pyrrole nitrogens is 1. The predicted octanol–water partition coefficient (Wildman–Crippen LogP) is 3.46. The number of nitrogens with one attached hydrogen (secondary N) is 2. The molecule has 3 heterocycles. The Morgan fingerprint density at radius 3 is 2.52 bits per heavy atom. The van der Waals surface area contributed by atoms with Crippen LogP contribution in [0.25, 0.3) is 0 Å². The largest absolute Gasteiger partial charge is 0.343 e. The van der Waals surface area contributed by atoms with Crippen molar-refractivity contribution < 1.29 is 9.18 Å². The molecule has 1 aromatic carbocycles. The molecule has 1 saturated heterocycles. The molecule has 0 bridgehead atoms. The molecule has 0 radical (unpaired) electrons. The number of ketones is 1. The second-order valence-electron chi connectivity index (χ2n) is 7.98. The molecule has 1 atom stereocenters. The van der Waals surface area contributed by atoms with Gasteiger partial charge < -0.3 is 10.2 Å². The summed E-state index contributed by atoms with van der Waals surface area (Å²) in [5.41, 5.74) is 2.38. The molecular weight excluding hydrogens is 371 g/mol. The van der Waals surface area contributed by atoms with Crippen LogP contribution in [-0.4, -0.2) is 28.8 Å². The van der Waals surface area contributed by atoms with Crippen molar-refractivity contribution in [2.45, 2.75) is 44.4 Å². The lowest BCUT2D eigenvalue weighted by atomic mass is 9.76. The lowest BCUT2D eigenvalue weighted by Gasteiger charge is -2.34. The predicted molar refractivity (Wildman–Crippen MR) is 109 cm³/mol. The number of aromatic amines is 1. The van der Waals surface area contributed by atoms with Crippen molar-refractivity contribution in [3.8, 4) is 0 Å². The van der Waals surface area contributed by atoms with E-state index >= 15 is 0 Å². The third-order valence-corrected chi connectivity index (χ3v) is 6.10. The first-order chi connectivity index (χ1) is 14.1. The molecule has 0 unspecified atom stereocenters. The zero-order valence-corrected chi connectivity index (χ0v) is 16.1. The summed E-state index contributed by atoms with van der Waals surface area (Å²) in [6.45, 7) is 1.74. The van der Waals surface area contributed by atoms with Crippen LogP contribution in [0.5, 0.6) is 0 Å². The number of anilines is 2. The molecule has 2 aromatic rings. The normalized spacial score (nSPS) is 21.5. The zero-order chi connectivity index (χ0) is 20.0. The first-order valence-electron chi connectivity index (χ1n) is 10.3. The number of allylic oxidation sites excluding steroid dienone is 2. The molecule has 1 aromatic heterocycles. The van der Waals surface area contributed by atoms with E-state index < -0.39 is 5.92 Å². The lowest BCUT2D eigenvalue weighted by molar-refractivity contribution is -0.116. The summed E-state index contributed by atoms with van der Waals surface area (Å²) in [6, 6.07) is 6.04. The molecule has 2 N–H and O–H groups in total. The quantitative estimate of drug-likeness (QED) is 0.816. The topological polar surface area (TPSA) is 78.1 Å². The first-order valence-corrected chi connectivity index (χ1v) is 10.3. The Bertz CT molecular complexity index is 1050. The summed E-state index contributed by atoms with van der Waals surface area (Å²) in [5.74, 6) is 0.251. The minimum Gasteiger partial charge on any atom is -0.343 e. The molecule has 6 nitrogen and oxygen atoms in total. The maximum Gasteiger partial charge on any atom is 0.258 e. The number of benzene rings is 1. The molecule has 7 heteroatoms. The maximum atomic E-state index is 13.5. The summed E-state index contributed by atoms with van der Waals surface area (Å²) in [7, 11) is 0. The molecule has 1 fully saturated rings. The molecule has 5 rings (SSSR count). The van der Waals surface area contributed by atoms with Crippen LogP contribution in [0.15, 0.2) is 40.3 Å². The number of nitrogens with zero attached hydrogens (tertiary/aromatic N) is 2. The SMILES string of the molecule is O=C1CCCC2=C1[C@@H](c1ccc(F)cc1)c1c(nc(N3CCCCC3)[nH]c1=O)N2. The van der Waals surface area contributed by atoms with Gasteiger partial charge in [-0.1, -0.05) is 12.1 Å². The van der Waals surface area contributed by atoms with Gasteiger partial charge in [0.25, 0.3) is 5.56 Å². The number of Topliss-reactive ketones (excluding diaryl/α,β-unsaturated/α-hetero) is 1. The summed E-state index contributed by atoms with van der Waals surface area (Å²) in [4.78, 5) is 35.8. The van der Waals surface area contributed by atoms with E-state index in [4.69, 9.17) is 4.98 Å². The van der Waals surface area contributed by atoms with Crippen LogP contribution in [0, 0.1) is 5.82 Å². The maximum absolute atomic E-state index is 13.5. The van der Waals surface area contributed by atoms with Crippen LogP contribution in [0.1, 0.15) is 55.6 Å². The van der Waals surface area contributed by atoms with Crippen LogP contribution < -0.4 is 15.8 Å². The number of carbonyl (C=O) groups excluding carboxylic acids is 1. The minimum atomic E-state index is -0.527. The van der Waals surface area contributed by atoms with Gasteiger partial charge in [0.15, 0.2) is 5.78 Å². The van der Waals surface area contributed by atoms with Crippen LogP contribution in [0.2, 0.25) is 0 Å². The van der Waals surface area contributed by atoms with E-state index in [1.165, 1.54) is 18.6 Å². The number of halogens is 1. The van der Waals surface area contributed by atoms with Crippen LogP contribution in [0.3, 0.4) is 0 Å². The first kappa shape index (κ1) is 18.1. The van der Waals surface area contributed by atoms with Crippen molar-refractivity contribution in [1.29, 1.82) is 0 Å². The Kier molecular flexibility index (Phi) is 4.45. The Hall–Kier alpha value is -2.96. The molecule has 3 aliphatic rings. The number of hydrogen-bond acceptors (Lipinski definition) is 5. The molecule has 0 spiro atoms. The summed E-state index contributed by atoms with van der Waals surface area (Å²) in [5, 5.41) is 3.29. The van der Waals surface area contributed by atoms with E-state index in [0.29, 0.717) is 29.3 Å². The van der Waals surface area contributed by atoms with Crippen molar-refractivity contribution in [2.75, 3.05) is 23.3 Å². The molecular formula is C22H23FN4O2. The van der Waals surface area contributed by atoms with Gasteiger partial charge in [0, 0.05) is 36.7 Å². The second-order valence-corrected chi connectivity index (χ2v) is 7.98. The highest BCUT2D eigenvalue weighted by Gasteiger charge is 2.38. The van der Waals surface area contributed by atoms with Crippen LogP contribution >= 0.6 is 0 Å². The van der Waals surface area contributed by atoms with E-state index in [-0.39, 0.29) is 17.2 Å². The van der Waals surface area contributed by atoms with Gasteiger partial charge in [0.1, 0.15) is 11.6 Å². The lowest BCUT2D eigenvalue weighted by Crippen LogP contribution is -2.36. The van der Waals surface area contributed by atoms with Crippen molar-refractivity contribution in [3.63, 3.8) is 0 Å². The third-order valence-electron chi connectivity index (χ3n) is 6.10. The number of piperidine rings is 1. The van der Waals surface area contributed by atoms with Gasteiger partial charge in [-0.3, -0.25) is 14.6 Å². The fraction of sp³-hybridized carbons (Fsp3) is 0.409. The van der Waals surface area contributed by atoms with E-state index in [1.54, 1.807) is 12.1 Å². The highest BCUT2D eigenvalue weighted by Crippen LogP contribution is 2.43. The van der Waals surface area contributed by atoms with Crippen molar-refractivity contribution in [1.82, 2.24) is 9.97 Å². The number of aromatic nitrogens is 2. The summed E-state index contributed by atoms with van der Waals surface area (Å²) in [6.07, 6.45) is 5.33. The molecule has 0 amide bonds. The average molecular weight is 394 g/mol. The summed E-state index contributed by atoms with van der Waals surface area (Å²) < 4.78 is 13.5. The average Bonchev–Trinajstić information content (AvgIpc) is 2.74. The standard InChI is InChI=1S/C22H23FN4O2/c23-14-9-7-13(8-10-14)17-18-15(5-4-6-16(18)28)24-20-19(17)21(29)26-22(25-20)27-11-2-1-3-12-27/h7-10,17H,1-6,11-12H2,(H2,24,25,26,29)/t17-/m1/s1. The number of hydrogen-bond donors (Lipinski definition) is 2. The summed E-state index contributed by atoms with van der Waals surface area (Å²) >= 11 is 0. The zero-order valence-electron chi connectivity index (χ0n) is 16.1. The van der Waals surface area contributed by atoms with Gasteiger partial charge in [-0.05, 0) is 49.8 Å². The smallest absolute Gasteiger partial charge is 0.258 e. The highest BCUT2D eigenvalue weighted by atomic mass is 19.1. The minimum absolute atomic E-state index is 0.0400. The van der Waals surface area contributed by atoms with Crippen molar-refractivity contribution >= 4 is 17.5 Å². The highest BCUT2D eigenvalue weighted by molar-refractivity contribution is 6.00. The van der Waals surface area contributed by atoms with Crippen molar-refractivity contribution in [2.24, 2.45) is 0 Å². The van der Waals surface area contributed by atoms with Crippen LogP contribution in [0.4, 0.5) is 16.2 Å². The van der Waals surface area contributed by atoms with E-state index in [0.717, 1.165) is 50.0 Å². The molecule has 150 valence electrons. The number of carbonyl (C=O) groups is 1. The van der Waals surface area contributed by atoms with Crippen molar-refractivity contribution in [3.05, 3.63) is 62.8 Å². The number of rotatable bonds is 2. The van der Waals surface area contributed by atoms with Gasteiger partial charge in [0.05, 0.1) is 5.56 Å². The van der Waals surface area contributed by atoms with Gasteiger partial charge in [-0.2, -0.15) is 4.98 Å². The van der Waals surface area contributed by atoms with Gasteiger partial charge in [-0.25, -0.2) is 4.39 Å². The molecule has 0 saturated carbocycles. The van der Waals surface area contributed by atoms with Gasteiger partial charge in [0.2, 0.25) is 5.95 Å². The van der Waals surface area contributed by atoms with Crippen LogP contribution in [-0.2, 0) is 4.79 Å². The van der Waals surface area contributed by atoms with E-state index in [2.05, 4.69) is 15.2 Å². The molecule has 2 aliphatic heterocycles. The fourth-order valence-corrected chi connectivity index (χ4v) is 4.69. The van der Waals surface area contributed by atoms with E-state index in [1.807, 2.05) is 0 Å². The Morgan fingerprint density at radius 1 is 1.00 bits per heavy atom. The van der Waals surface area contributed by atoms with Gasteiger partial charge >= 0.3 is 0 Å². The third kappa shape index (κ3) is 3.14. The van der Waals surface area contributed by atoms with E-state index in [9.17, 15) is 14.0 Å². The Balaban J connectivity index is 1.67. The molecule has 29 heavy (non-hydrogen) atoms. The second kappa shape index (κ2) is 7.13. The van der Waals surface area contributed by atoms with Gasteiger partial charge in [-0.15, -0.1) is 0 Å².